The van der Waals surface area contributed by atoms with Crippen LogP contribution in [-0.2, 0) is 0 Å². The van der Waals surface area contributed by atoms with Gasteiger partial charge in [-0.05, 0) is 19.3 Å². The summed E-state index contributed by atoms with van der Waals surface area (Å²) < 4.78 is 26.6. The number of unbranched alkanes of at least 4 members (excludes halogenated alkanes) is 1. The van der Waals surface area contributed by atoms with Crippen LogP contribution >= 0.6 is 0 Å². The van der Waals surface area contributed by atoms with Crippen molar-refractivity contribution in [2.45, 2.75) is 58.8 Å². The molecule has 0 spiro atoms. The molecule has 0 bridgehead atoms. The van der Waals surface area contributed by atoms with E-state index in [0.29, 0.717) is 19.3 Å². The Labute approximate surface area is 74.4 Å². The molecule has 0 saturated heterocycles. The van der Waals surface area contributed by atoms with E-state index in [1.807, 2.05) is 20.8 Å². The third kappa shape index (κ3) is 3.51. The van der Waals surface area contributed by atoms with Crippen molar-refractivity contribution in [3.63, 3.8) is 0 Å². The lowest BCUT2D eigenvalue weighted by atomic mass is 9.92. The molecule has 0 aliphatic heterocycles. The van der Waals surface area contributed by atoms with Gasteiger partial charge in [-0.15, -0.1) is 0 Å². The van der Waals surface area contributed by atoms with Crippen LogP contribution in [0.2, 0.25) is 0 Å². The molecule has 2 heteroatoms. The molecule has 0 unspecified atom stereocenters. The van der Waals surface area contributed by atoms with E-state index < -0.39 is 11.8 Å². The summed E-state index contributed by atoms with van der Waals surface area (Å²) in [5.41, 5.74) is 0. The van der Waals surface area contributed by atoms with Crippen molar-refractivity contribution in [1.82, 2.24) is 0 Å². The van der Waals surface area contributed by atoms with Gasteiger partial charge in [-0.25, -0.2) is 8.78 Å². The highest BCUT2D eigenvalue weighted by Gasteiger charge is 2.35. The molecule has 0 aromatic heterocycles. The van der Waals surface area contributed by atoms with Gasteiger partial charge in [-0.3, -0.25) is 0 Å². The van der Waals surface area contributed by atoms with Crippen LogP contribution in [0.25, 0.3) is 0 Å². The van der Waals surface area contributed by atoms with E-state index in [9.17, 15) is 8.78 Å². The third-order valence-electron chi connectivity index (χ3n) is 2.45. The second-order valence-electron chi connectivity index (χ2n) is 3.38. The fraction of sp³-hybridized carbons (Fsp3) is 1.00. The summed E-state index contributed by atoms with van der Waals surface area (Å²) >= 11 is 0. The minimum absolute atomic E-state index is 0.0653. The van der Waals surface area contributed by atoms with Crippen molar-refractivity contribution in [2.75, 3.05) is 0 Å². The van der Waals surface area contributed by atoms with Crippen molar-refractivity contribution in [1.29, 1.82) is 0 Å². The monoisotopic (exact) mass is 178 g/mol. The summed E-state index contributed by atoms with van der Waals surface area (Å²) in [5.74, 6) is -2.84. The molecule has 0 saturated carbocycles. The fourth-order valence-corrected chi connectivity index (χ4v) is 1.50. The normalized spacial score (nSPS) is 12.5. The molecule has 0 nitrogen and oxygen atoms in total. The predicted molar refractivity (Wildman–Crippen MR) is 48.5 cm³/mol. The van der Waals surface area contributed by atoms with Crippen molar-refractivity contribution in [2.24, 2.45) is 5.92 Å². The topological polar surface area (TPSA) is 0 Å². The Kier molecular flexibility index (Phi) is 5.43. The minimum Gasteiger partial charge on any atom is -0.207 e. The van der Waals surface area contributed by atoms with Crippen molar-refractivity contribution in [3.8, 4) is 0 Å². The first-order valence-corrected chi connectivity index (χ1v) is 4.96. The molecular formula is C10H20F2. The van der Waals surface area contributed by atoms with E-state index in [-0.39, 0.29) is 6.42 Å². The van der Waals surface area contributed by atoms with E-state index in [1.54, 1.807) is 0 Å². The second-order valence-corrected chi connectivity index (χ2v) is 3.38. The first kappa shape index (κ1) is 11.9. The molecule has 0 atom stereocenters. The Hall–Kier alpha value is -0.140. The molecule has 12 heavy (non-hydrogen) atoms. The Balaban J connectivity index is 3.96. The average molecular weight is 178 g/mol. The van der Waals surface area contributed by atoms with Crippen LogP contribution in [0, 0.1) is 5.92 Å². The lowest BCUT2D eigenvalue weighted by Gasteiger charge is -2.24. The van der Waals surface area contributed by atoms with Crippen molar-refractivity contribution < 1.29 is 8.78 Å². The van der Waals surface area contributed by atoms with Crippen LogP contribution in [-0.4, -0.2) is 5.92 Å². The number of halogens is 2. The van der Waals surface area contributed by atoms with E-state index in [0.717, 1.165) is 6.42 Å². The maximum Gasteiger partial charge on any atom is 0.250 e. The molecule has 0 aromatic carbocycles. The Bertz CT molecular complexity index is 106. The van der Waals surface area contributed by atoms with Gasteiger partial charge in [-0.2, -0.15) is 0 Å². The van der Waals surface area contributed by atoms with E-state index in [4.69, 9.17) is 0 Å². The third-order valence-corrected chi connectivity index (χ3v) is 2.45. The van der Waals surface area contributed by atoms with Crippen LogP contribution in [0.5, 0.6) is 0 Å². The molecule has 0 heterocycles. The minimum atomic E-state index is -2.43. The smallest absolute Gasteiger partial charge is 0.207 e. The summed E-state index contributed by atoms with van der Waals surface area (Å²) in [7, 11) is 0. The van der Waals surface area contributed by atoms with Gasteiger partial charge >= 0.3 is 0 Å². The number of rotatable bonds is 6. The molecule has 0 fully saturated rings. The molecule has 0 aliphatic rings. The molecule has 0 aromatic rings. The summed E-state index contributed by atoms with van der Waals surface area (Å²) in [5, 5.41) is 0. The van der Waals surface area contributed by atoms with Gasteiger partial charge in [-0.1, -0.05) is 27.2 Å². The van der Waals surface area contributed by atoms with E-state index in [2.05, 4.69) is 0 Å². The lowest BCUT2D eigenvalue weighted by Crippen LogP contribution is -2.27. The number of hydrogen-bond acceptors (Lipinski definition) is 0. The lowest BCUT2D eigenvalue weighted by molar-refractivity contribution is -0.0693. The molecule has 0 amide bonds. The van der Waals surface area contributed by atoms with Gasteiger partial charge in [0.15, 0.2) is 0 Å². The largest absolute Gasteiger partial charge is 0.250 e. The molecule has 74 valence electrons. The second kappa shape index (κ2) is 5.50. The first-order chi connectivity index (χ1) is 5.58. The highest BCUT2D eigenvalue weighted by atomic mass is 19.3. The number of alkyl halides is 2. The van der Waals surface area contributed by atoms with Gasteiger partial charge in [0.05, 0.1) is 0 Å². The molecular weight excluding hydrogens is 158 g/mol. The van der Waals surface area contributed by atoms with E-state index >= 15 is 0 Å². The quantitative estimate of drug-likeness (QED) is 0.570. The molecule has 0 radical (unpaired) electrons. The predicted octanol–water partition coefficient (Wildman–Crippen LogP) is 4.25. The van der Waals surface area contributed by atoms with Crippen LogP contribution in [0.4, 0.5) is 8.78 Å². The Morgan fingerprint density at radius 3 is 1.92 bits per heavy atom. The van der Waals surface area contributed by atoms with Crippen LogP contribution in [0.15, 0.2) is 0 Å². The standard InChI is InChI=1S/C10H20F2/c1-4-7-8-10(11,12)9(5-2)6-3/h9H,4-8H2,1-3H3. The first-order valence-electron chi connectivity index (χ1n) is 4.96. The molecule has 0 N–H and O–H groups in total. The summed E-state index contributed by atoms with van der Waals surface area (Å²) in [6.07, 6.45) is 2.75. The summed E-state index contributed by atoms with van der Waals surface area (Å²) in [4.78, 5) is 0. The number of hydrogen-bond donors (Lipinski definition) is 0. The molecule has 0 rings (SSSR count). The van der Waals surface area contributed by atoms with Gasteiger partial charge < -0.3 is 0 Å². The Morgan fingerprint density at radius 2 is 1.58 bits per heavy atom. The van der Waals surface area contributed by atoms with Crippen LogP contribution in [0.1, 0.15) is 52.9 Å². The van der Waals surface area contributed by atoms with Crippen LogP contribution in [0.3, 0.4) is 0 Å². The Morgan fingerprint density at radius 1 is 1.08 bits per heavy atom. The highest BCUT2D eigenvalue weighted by Crippen LogP contribution is 2.34. The summed E-state index contributed by atoms with van der Waals surface area (Å²) in [6, 6.07) is 0. The van der Waals surface area contributed by atoms with Crippen molar-refractivity contribution >= 4 is 0 Å². The van der Waals surface area contributed by atoms with Gasteiger partial charge in [0, 0.05) is 12.3 Å². The maximum absolute atomic E-state index is 13.3. The highest BCUT2D eigenvalue weighted by molar-refractivity contribution is 4.74. The zero-order valence-corrected chi connectivity index (χ0v) is 8.37. The summed E-state index contributed by atoms with van der Waals surface area (Å²) in [6.45, 7) is 5.63. The van der Waals surface area contributed by atoms with Crippen molar-refractivity contribution in [3.05, 3.63) is 0 Å². The van der Waals surface area contributed by atoms with Gasteiger partial charge in [0.25, 0.3) is 5.92 Å². The SMILES string of the molecule is CCCCC(F)(F)C(CC)CC. The molecule has 0 aliphatic carbocycles. The van der Waals surface area contributed by atoms with E-state index in [1.165, 1.54) is 0 Å². The zero-order chi connectivity index (χ0) is 9.61. The maximum atomic E-state index is 13.3. The van der Waals surface area contributed by atoms with Gasteiger partial charge in [0.2, 0.25) is 0 Å². The van der Waals surface area contributed by atoms with Gasteiger partial charge in [0.1, 0.15) is 0 Å². The van der Waals surface area contributed by atoms with Crippen LogP contribution < -0.4 is 0 Å². The fourth-order valence-electron chi connectivity index (χ4n) is 1.50. The average Bonchev–Trinajstić information content (AvgIpc) is 2.03. The zero-order valence-electron chi connectivity index (χ0n) is 8.37.